The third kappa shape index (κ3) is 5.44. The second kappa shape index (κ2) is 8.82. The number of primary amides is 1. The number of carbonyl (C=O) groups is 2. The van der Waals surface area contributed by atoms with Gasteiger partial charge in [0.1, 0.15) is 12.7 Å². The quantitative estimate of drug-likeness (QED) is 0.674. The van der Waals surface area contributed by atoms with Gasteiger partial charge in [-0.15, -0.1) is 0 Å². The minimum absolute atomic E-state index is 0.0516. The molecule has 1 saturated heterocycles. The number of hydrogen-bond donors (Lipinski definition) is 2. The Kier molecular flexibility index (Phi) is 6.78. The molecule has 1 amide bonds. The summed E-state index contributed by atoms with van der Waals surface area (Å²) in [5.41, 5.74) is 5.87. The highest BCUT2D eigenvalue weighted by Crippen LogP contribution is 2.28. The van der Waals surface area contributed by atoms with Gasteiger partial charge in [-0.05, 0) is 51.1 Å². The number of carbonyl (C=O) groups excluding carboxylic acids is 2. The number of aliphatic hydroxyl groups is 1. The molecule has 25 heavy (non-hydrogen) atoms. The molecule has 1 atom stereocenters. The molecule has 0 bridgehead atoms. The summed E-state index contributed by atoms with van der Waals surface area (Å²) < 4.78 is 10.9. The molecule has 0 spiro atoms. The molecule has 1 aromatic rings. The van der Waals surface area contributed by atoms with Crippen molar-refractivity contribution in [2.24, 2.45) is 11.7 Å². The van der Waals surface area contributed by atoms with E-state index in [0.717, 1.165) is 25.9 Å². The lowest BCUT2D eigenvalue weighted by Crippen LogP contribution is -2.43. The first-order valence-corrected chi connectivity index (χ1v) is 8.42. The van der Waals surface area contributed by atoms with Gasteiger partial charge in [-0.1, -0.05) is 0 Å². The fraction of sp³-hybridized carbons (Fsp3) is 0.556. The van der Waals surface area contributed by atoms with E-state index in [0.29, 0.717) is 23.6 Å². The van der Waals surface area contributed by atoms with Crippen LogP contribution in [0.25, 0.3) is 0 Å². The number of ketones is 1. The van der Waals surface area contributed by atoms with E-state index in [1.54, 1.807) is 18.2 Å². The van der Waals surface area contributed by atoms with E-state index in [-0.39, 0.29) is 24.2 Å². The van der Waals surface area contributed by atoms with Gasteiger partial charge in [-0.25, -0.2) is 0 Å². The number of nitrogens with two attached hydrogens (primary N) is 1. The minimum atomic E-state index is -0.665. The molecule has 7 heteroatoms. The van der Waals surface area contributed by atoms with Crippen LogP contribution in [0.15, 0.2) is 18.2 Å². The number of Topliss-reactive ketones (excluding diaryl/α,β-unsaturated/α-hetero) is 1. The topological polar surface area (TPSA) is 102 Å². The fourth-order valence-corrected chi connectivity index (χ4v) is 2.94. The Morgan fingerprint density at radius 2 is 2.00 bits per heavy atom. The van der Waals surface area contributed by atoms with Crippen molar-refractivity contribution >= 4 is 11.7 Å². The number of aliphatic hydroxyl groups excluding tert-OH is 1. The van der Waals surface area contributed by atoms with Crippen LogP contribution in [-0.2, 0) is 4.79 Å². The van der Waals surface area contributed by atoms with Crippen molar-refractivity contribution in [2.45, 2.75) is 25.9 Å². The predicted octanol–water partition coefficient (Wildman–Crippen LogP) is 0.835. The lowest BCUT2D eigenvalue weighted by molar-refractivity contribution is -0.123. The van der Waals surface area contributed by atoms with E-state index in [1.165, 1.54) is 14.0 Å². The van der Waals surface area contributed by atoms with Crippen molar-refractivity contribution in [1.29, 1.82) is 0 Å². The molecule has 0 aliphatic carbocycles. The number of amides is 1. The number of piperidine rings is 1. The number of hydrogen-bond acceptors (Lipinski definition) is 6. The van der Waals surface area contributed by atoms with Crippen molar-refractivity contribution in [1.82, 2.24) is 4.90 Å². The van der Waals surface area contributed by atoms with Crippen molar-refractivity contribution in [3.8, 4) is 11.5 Å². The number of likely N-dealkylation sites (tertiary alicyclic amines) is 1. The van der Waals surface area contributed by atoms with Crippen LogP contribution in [0.1, 0.15) is 30.1 Å². The van der Waals surface area contributed by atoms with E-state index in [4.69, 9.17) is 15.2 Å². The van der Waals surface area contributed by atoms with E-state index in [9.17, 15) is 14.7 Å². The molecule has 3 N–H and O–H groups in total. The molecule has 0 radical (unpaired) electrons. The van der Waals surface area contributed by atoms with E-state index in [1.807, 2.05) is 0 Å². The van der Waals surface area contributed by atoms with Crippen molar-refractivity contribution in [2.75, 3.05) is 33.4 Å². The largest absolute Gasteiger partial charge is 0.493 e. The number of nitrogens with zero attached hydrogens (tertiary/aromatic N) is 1. The van der Waals surface area contributed by atoms with Gasteiger partial charge in [0.05, 0.1) is 7.11 Å². The monoisotopic (exact) mass is 350 g/mol. The fourth-order valence-electron chi connectivity index (χ4n) is 2.94. The lowest BCUT2D eigenvalue weighted by Gasteiger charge is -2.31. The number of rotatable bonds is 8. The van der Waals surface area contributed by atoms with Gasteiger partial charge < -0.3 is 25.2 Å². The summed E-state index contributed by atoms with van der Waals surface area (Å²) in [6, 6.07) is 4.96. The zero-order valence-corrected chi connectivity index (χ0v) is 14.7. The van der Waals surface area contributed by atoms with Gasteiger partial charge in [-0.3, -0.25) is 9.59 Å². The average Bonchev–Trinajstić information content (AvgIpc) is 2.60. The Hall–Kier alpha value is -2.12. The van der Waals surface area contributed by atoms with Crippen LogP contribution in [0.3, 0.4) is 0 Å². The molecular weight excluding hydrogens is 324 g/mol. The maximum atomic E-state index is 11.4. The SMILES string of the molecule is COc1cc(C(C)=O)ccc1OC[C@@H](O)CN1CCC(C(N)=O)CC1. The molecule has 7 nitrogen and oxygen atoms in total. The zero-order valence-electron chi connectivity index (χ0n) is 14.7. The zero-order chi connectivity index (χ0) is 18.4. The summed E-state index contributed by atoms with van der Waals surface area (Å²) in [5.74, 6) is 0.587. The smallest absolute Gasteiger partial charge is 0.220 e. The van der Waals surface area contributed by atoms with E-state index >= 15 is 0 Å². The predicted molar refractivity (Wildman–Crippen MR) is 92.9 cm³/mol. The maximum Gasteiger partial charge on any atom is 0.220 e. The van der Waals surface area contributed by atoms with Crippen LogP contribution in [0.4, 0.5) is 0 Å². The average molecular weight is 350 g/mol. The van der Waals surface area contributed by atoms with Gasteiger partial charge >= 0.3 is 0 Å². The third-order valence-corrected chi connectivity index (χ3v) is 4.46. The highest BCUT2D eigenvalue weighted by Gasteiger charge is 2.24. The Morgan fingerprint density at radius 3 is 2.56 bits per heavy atom. The second-order valence-corrected chi connectivity index (χ2v) is 6.36. The molecule has 0 unspecified atom stereocenters. The summed E-state index contributed by atoms with van der Waals surface area (Å²) in [7, 11) is 1.51. The Balaban J connectivity index is 1.83. The van der Waals surface area contributed by atoms with Crippen LogP contribution >= 0.6 is 0 Å². The Bertz CT molecular complexity index is 611. The van der Waals surface area contributed by atoms with Gasteiger partial charge in [-0.2, -0.15) is 0 Å². The number of methoxy groups -OCH3 is 1. The molecule has 1 fully saturated rings. The van der Waals surface area contributed by atoms with Crippen molar-refractivity contribution in [3.05, 3.63) is 23.8 Å². The third-order valence-electron chi connectivity index (χ3n) is 4.46. The Labute approximate surface area is 147 Å². The van der Waals surface area contributed by atoms with Crippen LogP contribution in [0.2, 0.25) is 0 Å². The summed E-state index contributed by atoms with van der Waals surface area (Å²) in [6.07, 6.45) is 0.786. The molecule has 138 valence electrons. The summed E-state index contributed by atoms with van der Waals surface area (Å²) in [5, 5.41) is 10.2. The number of β-amino-alcohol motifs (C(OH)–C–C–N with tert-alkyl or cyclic N) is 1. The maximum absolute atomic E-state index is 11.4. The molecular formula is C18H26N2O5. The minimum Gasteiger partial charge on any atom is -0.493 e. The van der Waals surface area contributed by atoms with Crippen LogP contribution in [0, 0.1) is 5.92 Å². The summed E-state index contributed by atoms with van der Waals surface area (Å²) in [6.45, 7) is 3.55. The molecule has 0 saturated carbocycles. The van der Waals surface area contributed by atoms with Crippen LogP contribution < -0.4 is 15.2 Å². The first-order chi connectivity index (χ1) is 11.9. The second-order valence-electron chi connectivity index (χ2n) is 6.36. The number of ether oxygens (including phenoxy) is 2. The molecule has 1 aliphatic heterocycles. The van der Waals surface area contributed by atoms with Crippen LogP contribution in [0.5, 0.6) is 11.5 Å². The highest BCUT2D eigenvalue weighted by molar-refractivity contribution is 5.94. The van der Waals surface area contributed by atoms with Crippen LogP contribution in [-0.4, -0.2) is 61.2 Å². The first kappa shape index (κ1) is 19.2. The van der Waals surface area contributed by atoms with E-state index in [2.05, 4.69) is 4.90 Å². The first-order valence-electron chi connectivity index (χ1n) is 8.42. The molecule has 1 aromatic carbocycles. The number of benzene rings is 1. The molecule has 0 aromatic heterocycles. The van der Waals surface area contributed by atoms with E-state index < -0.39 is 6.10 Å². The van der Waals surface area contributed by atoms with Gasteiger partial charge in [0.25, 0.3) is 0 Å². The molecule has 2 rings (SSSR count). The molecule has 1 aliphatic rings. The van der Waals surface area contributed by atoms with Crippen molar-refractivity contribution < 1.29 is 24.2 Å². The highest BCUT2D eigenvalue weighted by atomic mass is 16.5. The normalized spacial score (nSPS) is 17.1. The standard InChI is InChI=1S/C18H26N2O5/c1-12(21)14-3-4-16(17(9-14)24-2)25-11-15(22)10-20-7-5-13(6-8-20)18(19)23/h3-4,9,13,15,22H,5-8,10-11H2,1-2H3,(H2,19,23)/t15-/m0/s1. The van der Waals surface area contributed by atoms with Gasteiger partial charge in [0.15, 0.2) is 17.3 Å². The lowest BCUT2D eigenvalue weighted by atomic mass is 9.96. The van der Waals surface area contributed by atoms with Crippen molar-refractivity contribution in [3.63, 3.8) is 0 Å². The summed E-state index contributed by atoms with van der Waals surface area (Å²) >= 11 is 0. The Morgan fingerprint density at radius 1 is 1.32 bits per heavy atom. The summed E-state index contributed by atoms with van der Waals surface area (Å²) in [4.78, 5) is 24.7. The van der Waals surface area contributed by atoms with Gasteiger partial charge in [0.2, 0.25) is 5.91 Å². The molecule has 1 heterocycles. The van der Waals surface area contributed by atoms with Gasteiger partial charge in [0, 0.05) is 18.0 Å².